The van der Waals surface area contributed by atoms with Crippen molar-refractivity contribution in [2.45, 2.75) is 39.5 Å². The van der Waals surface area contributed by atoms with Crippen LogP contribution in [0.3, 0.4) is 0 Å². The highest BCUT2D eigenvalue weighted by atomic mass is 32.2. The van der Waals surface area contributed by atoms with Gasteiger partial charge in [-0.3, -0.25) is 9.59 Å². The molecular weight excluding hydrogens is 516 g/mol. The molecule has 0 aromatic heterocycles. The number of aliphatic hydroxyl groups excluding tert-OH is 1. The summed E-state index contributed by atoms with van der Waals surface area (Å²) in [6.45, 7) is 5.17. The van der Waals surface area contributed by atoms with Crippen LogP contribution in [0, 0.1) is 0 Å². The molecule has 3 aromatic carbocycles. The largest absolute Gasteiger partial charge is 0.493 e. The summed E-state index contributed by atoms with van der Waals surface area (Å²) < 4.78 is 12.0. The maximum absolute atomic E-state index is 12.8. The molecule has 204 valence electrons. The van der Waals surface area contributed by atoms with E-state index in [0.29, 0.717) is 46.7 Å². The van der Waals surface area contributed by atoms with Gasteiger partial charge in [-0.15, -0.1) is 0 Å². The summed E-state index contributed by atoms with van der Waals surface area (Å²) in [5, 5.41) is 24.0. The second kappa shape index (κ2) is 13.3. The molecule has 1 amide bonds. The Bertz CT molecular complexity index is 1430. The summed E-state index contributed by atoms with van der Waals surface area (Å²) in [5.74, 6) is 0.168. The zero-order valence-corrected chi connectivity index (χ0v) is 22.8. The number of carbonyl (C=O) groups excluding carboxylic acids is 1. The summed E-state index contributed by atoms with van der Waals surface area (Å²) in [6.07, 6.45) is 3.75. The molecule has 4 rings (SSSR count). The first kappa shape index (κ1) is 28.2. The average molecular weight is 549 g/mol. The molecule has 0 saturated carbocycles. The molecule has 0 radical (unpaired) electrons. The fourth-order valence-electron chi connectivity index (χ4n) is 4.20. The van der Waals surface area contributed by atoms with Crippen LogP contribution in [-0.4, -0.2) is 47.1 Å². The molecule has 0 saturated heterocycles. The van der Waals surface area contributed by atoms with Gasteiger partial charge in [-0.25, -0.2) is 0 Å². The zero-order chi connectivity index (χ0) is 27.8. The summed E-state index contributed by atoms with van der Waals surface area (Å²) in [6, 6.07) is 15.1. The molecule has 1 aliphatic heterocycles. The number of benzene rings is 3. The van der Waals surface area contributed by atoms with Gasteiger partial charge in [0.2, 0.25) is 0 Å². The number of amidine groups is 1. The first-order valence-electron chi connectivity index (χ1n) is 13.0. The number of anilines is 1. The lowest BCUT2D eigenvalue weighted by Gasteiger charge is -2.14. The highest BCUT2D eigenvalue weighted by molar-refractivity contribution is 8.18. The Kier molecular flexibility index (Phi) is 9.62. The Balaban J connectivity index is 1.59. The number of amides is 1. The van der Waals surface area contributed by atoms with Gasteiger partial charge in [0, 0.05) is 23.2 Å². The van der Waals surface area contributed by atoms with E-state index in [1.807, 2.05) is 37.3 Å². The number of hydrogen-bond donors (Lipinski definition) is 3. The van der Waals surface area contributed by atoms with Crippen molar-refractivity contribution in [1.29, 1.82) is 0 Å². The number of ether oxygens (including phenoxy) is 2. The molecule has 8 nitrogen and oxygen atoms in total. The van der Waals surface area contributed by atoms with E-state index in [-0.39, 0.29) is 18.9 Å². The molecule has 1 heterocycles. The molecular formula is C30H32N2O6S. The number of nitrogens with one attached hydrogen (secondary N) is 1. The van der Waals surface area contributed by atoms with E-state index < -0.39 is 5.97 Å². The van der Waals surface area contributed by atoms with E-state index in [1.165, 1.54) is 11.8 Å². The van der Waals surface area contributed by atoms with Crippen molar-refractivity contribution >= 4 is 51.3 Å². The van der Waals surface area contributed by atoms with Gasteiger partial charge in [-0.05, 0) is 83.9 Å². The zero-order valence-electron chi connectivity index (χ0n) is 22.0. The van der Waals surface area contributed by atoms with Crippen LogP contribution < -0.4 is 14.8 Å². The second-order valence-electron chi connectivity index (χ2n) is 9.05. The molecule has 0 fully saturated rings. The third kappa shape index (κ3) is 7.19. The number of carbonyl (C=O) groups is 2. The van der Waals surface area contributed by atoms with Crippen molar-refractivity contribution in [3.63, 3.8) is 0 Å². The number of carboxylic acids is 1. The Morgan fingerprint density at radius 3 is 2.51 bits per heavy atom. The van der Waals surface area contributed by atoms with Crippen LogP contribution in [0.4, 0.5) is 5.69 Å². The van der Waals surface area contributed by atoms with E-state index in [2.05, 4.69) is 17.2 Å². The first-order valence-corrected chi connectivity index (χ1v) is 13.8. The van der Waals surface area contributed by atoms with Crippen LogP contribution in [0.1, 0.15) is 43.4 Å². The van der Waals surface area contributed by atoms with E-state index >= 15 is 0 Å². The monoisotopic (exact) mass is 548 g/mol. The normalized spacial score (nSPS) is 14.1. The number of carboxylic acid groups (broad SMARTS) is 1. The topological polar surface area (TPSA) is 117 Å². The number of nitrogens with zero attached hydrogens (tertiary/aromatic N) is 1. The van der Waals surface area contributed by atoms with Crippen molar-refractivity contribution < 1.29 is 29.3 Å². The first-order chi connectivity index (χ1) is 18.9. The minimum absolute atomic E-state index is 0.0996. The van der Waals surface area contributed by atoms with Crippen LogP contribution in [0.2, 0.25) is 0 Å². The van der Waals surface area contributed by atoms with Crippen molar-refractivity contribution in [1.82, 2.24) is 0 Å². The molecule has 0 unspecified atom stereocenters. The van der Waals surface area contributed by atoms with Crippen LogP contribution in [0.5, 0.6) is 11.5 Å². The van der Waals surface area contributed by atoms with Gasteiger partial charge in [0.05, 0.1) is 24.5 Å². The number of aliphatic carboxylic acids is 1. The van der Waals surface area contributed by atoms with Gasteiger partial charge in [-0.1, -0.05) is 32.0 Å². The minimum Gasteiger partial charge on any atom is -0.493 e. The Labute approximate surface area is 231 Å². The predicted octanol–water partition coefficient (Wildman–Crippen LogP) is 5.66. The fraction of sp³-hybridized carbons (Fsp3) is 0.300. The summed E-state index contributed by atoms with van der Waals surface area (Å²) >= 11 is 1.22. The lowest BCUT2D eigenvalue weighted by atomic mass is 10.0. The van der Waals surface area contributed by atoms with Gasteiger partial charge in [0.1, 0.15) is 11.5 Å². The molecule has 3 N–H and O–H groups in total. The van der Waals surface area contributed by atoms with Crippen LogP contribution in [0.25, 0.3) is 16.8 Å². The fourth-order valence-corrected chi connectivity index (χ4v) is 5.03. The van der Waals surface area contributed by atoms with E-state index in [1.54, 1.807) is 24.3 Å². The number of fused-ring (bicyclic) bond motifs is 1. The molecule has 9 heteroatoms. The standard InChI is InChI=1S/C30H32N2O6S/c1-3-12-37-25-7-5-6-21-14-22(26(18-24(21)25)38-13-4-2)16-27-29(36)32-30(39-27)31-23-9-8-19(17-28(34)35)20(15-23)10-11-33/h5-9,14-16,18,33H,3-4,10-13,17H2,1-2H3,(H,34,35)(H,31,32,36). The lowest BCUT2D eigenvalue weighted by Crippen LogP contribution is -2.08. The van der Waals surface area contributed by atoms with Crippen molar-refractivity contribution in [2.75, 3.05) is 25.1 Å². The maximum Gasteiger partial charge on any atom is 0.307 e. The van der Waals surface area contributed by atoms with Gasteiger partial charge in [0.15, 0.2) is 5.17 Å². The lowest BCUT2D eigenvalue weighted by molar-refractivity contribution is -0.136. The molecule has 1 aliphatic rings. The Morgan fingerprint density at radius 1 is 1.03 bits per heavy atom. The SMILES string of the molecule is CCCOc1cc2c(OCCC)cccc2cc1C=C1SC(Nc2ccc(CC(=O)O)c(CCO)c2)=NC1=O. The molecule has 0 aliphatic carbocycles. The number of aliphatic hydroxyl groups is 1. The van der Waals surface area contributed by atoms with Crippen LogP contribution in [-0.2, 0) is 22.4 Å². The van der Waals surface area contributed by atoms with Gasteiger partial charge in [-0.2, -0.15) is 4.99 Å². The number of aliphatic imine (C=N–C) groups is 1. The molecule has 0 bridgehead atoms. The summed E-state index contributed by atoms with van der Waals surface area (Å²) in [5.41, 5.74) is 2.80. The number of hydrogen-bond acceptors (Lipinski definition) is 7. The number of rotatable bonds is 12. The van der Waals surface area contributed by atoms with E-state index in [9.17, 15) is 14.7 Å². The second-order valence-corrected chi connectivity index (χ2v) is 10.1. The third-order valence-corrected chi connectivity index (χ3v) is 6.88. The highest BCUT2D eigenvalue weighted by Crippen LogP contribution is 2.36. The van der Waals surface area contributed by atoms with Crippen molar-refractivity contribution in [3.8, 4) is 11.5 Å². The van der Waals surface area contributed by atoms with Gasteiger partial charge < -0.3 is 25.0 Å². The molecule has 0 atom stereocenters. The van der Waals surface area contributed by atoms with Gasteiger partial charge in [0.25, 0.3) is 5.91 Å². The number of thioether (sulfide) groups is 1. The minimum atomic E-state index is -0.938. The van der Waals surface area contributed by atoms with E-state index in [4.69, 9.17) is 14.6 Å². The quantitative estimate of drug-likeness (QED) is 0.248. The van der Waals surface area contributed by atoms with Gasteiger partial charge >= 0.3 is 5.97 Å². The Hall–Kier alpha value is -3.82. The summed E-state index contributed by atoms with van der Waals surface area (Å²) in [7, 11) is 0. The molecule has 39 heavy (non-hydrogen) atoms. The Morgan fingerprint density at radius 2 is 1.79 bits per heavy atom. The third-order valence-electron chi connectivity index (χ3n) is 5.98. The predicted molar refractivity (Wildman–Crippen MR) is 156 cm³/mol. The van der Waals surface area contributed by atoms with Crippen molar-refractivity contribution in [2.24, 2.45) is 4.99 Å². The highest BCUT2D eigenvalue weighted by Gasteiger charge is 2.23. The molecule has 0 spiro atoms. The van der Waals surface area contributed by atoms with Crippen molar-refractivity contribution in [3.05, 3.63) is 70.1 Å². The van der Waals surface area contributed by atoms with Crippen LogP contribution in [0.15, 0.2) is 58.4 Å². The maximum atomic E-state index is 12.8. The van der Waals surface area contributed by atoms with E-state index in [0.717, 1.165) is 40.5 Å². The smallest absolute Gasteiger partial charge is 0.307 e. The summed E-state index contributed by atoms with van der Waals surface area (Å²) in [4.78, 5) is 28.6. The van der Waals surface area contributed by atoms with Crippen LogP contribution >= 0.6 is 11.8 Å². The average Bonchev–Trinajstić information content (AvgIpc) is 3.25. The molecule has 3 aromatic rings.